The van der Waals surface area contributed by atoms with Crippen molar-refractivity contribution in [2.24, 2.45) is 0 Å². The number of nitrogens with zero attached hydrogens (tertiary/aromatic N) is 3. The normalized spacial score (nSPS) is 19.0. The first-order valence-electron chi connectivity index (χ1n) is 9.86. The van der Waals surface area contributed by atoms with Gasteiger partial charge in [-0.2, -0.15) is 0 Å². The van der Waals surface area contributed by atoms with E-state index >= 15 is 0 Å². The van der Waals surface area contributed by atoms with E-state index in [4.69, 9.17) is 16.3 Å². The lowest BCUT2D eigenvalue weighted by Crippen LogP contribution is -2.48. The molecule has 0 saturated carbocycles. The quantitative estimate of drug-likeness (QED) is 0.435. The van der Waals surface area contributed by atoms with Crippen LogP contribution in [0.2, 0.25) is 5.02 Å². The first kappa shape index (κ1) is 21.8. The highest BCUT2D eigenvalue weighted by molar-refractivity contribution is 7.99. The summed E-state index contributed by atoms with van der Waals surface area (Å²) in [7, 11) is 0. The second-order valence-electron chi connectivity index (χ2n) is 7.50. The minimum absolute atomic E-state index is 0.0315. The topological polar surface area (TPSA) is 64.4 Å². The summed E-state index contributed by atoms with van der Waals surface area (Å²) in [5, 5.41) is 0.671. The van der Waals surface area contributed by atoms with E-state index in [2.05, 4.69) is 4.98 Å². The van der Waals surface area contributed by atoms with E-state index in [0.717, 1.165) is 0 Å². The molecular formula is C22H21ClFN3O3S. The molecular weight excluding hydrogens is 441 g/mol. The number of carbonyl (C=O) groups is 1. The minimum Gasteiger partial charge on any atom is -0.372 e. The van der Waals surface area contributed by atoms with Gasteiger partial charge < -0.3 is 9.64 Å². The third-order valence-electron chi connectivity index (χ3n) is 5.00. The lowest BCUT2D eigenvalue weighted by Gasteiger charge is -2.35. The Kier molecular flexibility index (Phi) is 6.31. The van der Waals surface area contributed by atoms with Crippen LogP contribution in [0.5, 0.6) is 0 Å². The van der Waals surface area contributed by atoms with Gasteiger partial charge in [0.1, 0.15) is 5.82 Å². The van der Waals surface area contributed by atoms with Crippen molar-refractivity contribution in [3.63, 3.8) is 0 Å². The maximum Gasteiger partial charge on any atom is 0.266 e. The van der Waals surface area contributed by atoms with Crippen molar-refractivity contribution in [3.8, 4) is 5.69 Å². The summed E-state index contributed by atoms with van der Waals surface area (Å²) in [5.74, 6) is -0.524. The Balaban J connectivity index is 1.70. The fraction of sp³-hybridized carbons (Fsp3) is 0.318. The molecule has 4 rings (SSSR count). The highest BCUT2D eigenvalue weighted by atomic mass is 35.5. The SMILES string of the molecule is CC1CN(C(=O)CSc2nc3ccccc3c(=O)n2-c2ccc(F)c(Cl)c2)CC(C)O1. The molecule has 0 spiro atoms. The molecule has 0 N–H and O–H groups in total. The van der Waals surface area contributed by atoms with Gasteiger partial charge >= 0.3 is 0 Å². The first-order valence-corrected chi connectivity index (χ1v) is 11.2. The molecule has 0 aliphatic carbocycles. The van der Waals surface area contributed by atoms with Crippen LogP contribution in [0.1, 0.15) is 13.8 Å². The standard InChI is InChI=1S/C22H21ClFN3O3S/c1-13-10-26(11-14(2)30-13)20(28)12-31-22-25-19-6-4-3-5-16(19)21(29)27(22)15-7-8-18(24)17(23)9-15/h3-9,13-14H,10-12H2,1-2H3. The summed E-state index contributed by atoms with van der Waals surface area (Å²) in [6.07, 6.45) is -0.0629. The molecule has 162 valence electrons. The van der Waals surface area contributed by atoms with Crippen molar-refractivity contribution in [1.82, 2.24) is 14.5 Å². The summed E-state index contributed by atoms with van der Waals surface area (Å²) < 4.78 is 20.8. The van der Waals surface area contributed by atoms with Gasteiger partial charge in [-0.3, -0.25) is 14.2 Å². The number of aromatic nitrogens is 2. The van der Waals surface area contributed by atoms with Crippen molar-refractivity contribution in [1.29, 1.82) is 0 Å². The van der Waals surface area contributed by atoms with Crippen LogP contribution in [0.15, 0.2) is 52.4 Å². The third-order valence-corrected chi connectivity index (χ3v) is 6.22. The maximum atomic E-state index is 13.7. The zero-order chi connectivity index (χ0) is 22.1. The number of benzene rings is 2. The molecule has 31 heavy (non-hydrogen) atoms. The van der Waals surface area contributed by atoms with Gasteiger partial charge in [-0.05, 0) is 44.2 Å². The average Bonchev–Trinajstić information content (AvgIpc) is 2.73. The second-order valence-corrected chi connectivity index (χ2v) is 8.84. The third kappa shape index (κ3) is 4.61. The van der Waals surface area contributed by atoms with E-state index in [9.17, 15) is 14.0 Å². The number of hydrogen-bond acceptors (Lipinski definition) is 5. The smallest absolute Gasteiger partial charge is 0.266 e. The molecule has 0 radical (unpaired) electrons. The van der Waals surface area contributed by atoms with Crippen molar-refractivity contribution in [2.75, 3.05) is 18.8 Å². The molecule has 3 aromatic rings. The largest absolute Gasteiger partial charge is 0.372 e. The van der Waals surface area contributed by atoms with Gasteiger partial charge in [0.15, 0.2) is 5.16 Å². The Hall–Kier alpha value is -2.42. The number of amides is 1. The number of para-hydroxylation sites is 1. The van der Waals surface area contributed by atoms with E-state index < -0.39 is 5.82 Å². The van der Waals surface area contributed by atoms with Gasteiger partial charge in [-0.25, -0.2) is 9.37 Å². The molecule has 6 nitrogen and oxygen atoms in total. The molecule has 1 saturated heterocycles. The Morgan fingerprint density at radius 1 is 1.23 bits per heavy atom. The van der Waals surface area contributed by atoms with Crippen molar-refractivity contribution in [3.05, 3.63) is 63.7 Å². The number of halogens is 2. The Labute approximate surface area is 188 Å². The molecule has 2 heterocycles. The molecule has 0 bridgehead atoms. The molecule has 2 unspecified atom stereocenters. The van der Waals surface area contributed by atoms with Gasteiger partial charge in [-0.1, -0.05) is 35.5 Å². The number of fused-ring (bicyclic) bond motifs is 1. The van der Waals surface area contributed by atoms with E-state index in [1.54, 1.807) is 29.2 Å². The second kappa shape index (κ2) is 8.98. The van der Waals surface area contributed by atoms with Crippen LogP contribution >= 0.6 is 23.4 Å². The zero-order valence-corrected chi connectivity index (χ0v) is 18.6. The number of morpholine rings is 1. The molecule has 1 fully saturated rings. The van der Waals surface area contributed by atoms with Gasteiger partial charge in [0.2, 0.25) is 5.91 Å². The van der Waals surface area contributed by atoms with Crippen LogP contribution in [0.3, 0.4) is 0 Å². The van der Waals surface area contributed by atoms with Crippen LogP contribution in [0.4, 0.5) is 4.39 Å². The number of carbonyl (C=O) groups excluding carboxylic acids is 1. The van der Waals surface area contributed by atoms with Gasteiger partial charge in [0, 0.05) is 13.1 Å². The highest BCUT2D eigenvalue weighted by Crippen LogP contribution is 2.25. The molecule has 1 aromatic heterocycles. The van der Waals surface area contributed by atoms with Gasteiger partial charge in [0.25, 0.3) is 5.56 Å². The predicted molar refractivity (Wildman–Crippen MR) is 120 cm³/mol. The number of ether oxygens (including phenoxy) is 1. The first-order chi connectivity index (χ1) is 14.8. The monoisotopic (exact) mass is 461 g/mol. The lowest BCUT2D eigenvalue weighted by molar-refractivity contribution is -0.140. The van der Waals surface area contributed by atoms with Crippen LogP contribution in [0, 0.1) is 5.82 Å². The van der Waals surface area contributed by atoms with E-state index in [1.807, 2.05) is 13.8 Å². The Morgan fingerprint density at radius 2 is 1.94 bits per heavy atom. The summed E-state index contributed by atoms with van der Waals surface area (Å²) >= 11 is 7.12. The van der Waals surface area contributed by atoms with Crippen LogP contribution in [-0.4, -0.2) is 51.4 Å². The molecule has 2 aromatic carbocycles. The zero-order valence-electron chi connectivity index (χ0n) is 17.0. The molecule has 9 heteroatoms. The molecule has 2 atom stereocenters. The Morgan fingerprint density at radius 3 is 2.65 bits per heavy atom. The summed E-state index contributed by atoms with van der Waals surface area (Å²) in [6.45, 7) is 4.92. The van der Waals surface area contributed by atoms with Gasteiger partial charge in [-0.15, -0.1) is 0 Å². The number of thioether (sulfide) groups is 1. The maximum absolute atomic E-state index is 13.7. The van der Waals surface area contributed by atoms with Crippen molar-refractivity contribution in [2.45, 2.75) is 31.2 Å². The van der Waals surface area contributed by atoms with Gasteiger partial charge in [0.05, 0.1) is 39.6 Å². The van der Waals surface area contributed by atoms with E-state index in [1.165, 1.54) is 34.5 Å². The lowest BCUT2D eigenvalue weighted by atomic mass is 10.2. The van der Waals surface area contributed by atoms with E-state index in [-0.39, 0.29) is 34.4 Å². The van der Waals surface area contributed by atoms with Crippen molar-refractivity contribution < 1.29 is 13.9 Å². The Bertz CT molecular complexity index is 1190. The highest BCUT2D eigenvalue weighted by Gasteiger charge is 2.26. The van der Waals surface area contributed by atoms with Crippen LogP contribution in [0.25, 0.3) is 16.6 Å². The predicted octanol–water partition coefficient (Wildman–Crippen LogP) is 3.91. The average molecular weight is 462 g/mol. The van der Waals surface area contributed by atoms with Crippen LogP contribution < -0.4 is 5.56 Å². The molecule has 1 aliphatic heterocycles. The molecule has 1 aliphatic rings. The molecule has 1 amide bonds. The summed E-state index contributed by atoms with van der Waals surface area (Å²) in [4.78, 5) is 32.4. The fourth-order valence-corrected chi connectivity index (χ4v) is 4.75. The van der Waals surface area contributed by atoms with Crippen molar-refractivity contribution >= 4 is 40.2 Å². The summed E-state index contributed by atoms with van der Waals surface area (Å²) in [5.41, 5.74) is 0.607. The number of rotatable bonds is 4. The van der Waals surface area contributed by atoms with Crippen LogP contribution in [-0.2, 0) is 9.53 Å². The van der Waals surface area contributed by atoms with E-state index in [0.29, 0.717) is 34.8 Å². The fourth-order valence-electron chi connectivity index (χ4n) is 3.66. The summed E-state index contributed by atoms with van der Waals surface area (Å²) in [6, 6.07) is 11.0. The minimum atomic E-state index is -0.577. The number of hydrogen-bond donors (Lipinski definition) is 0.